The summed E-state index contributed by atoms with van der Waals surface area (Å²) in [7, 11) is 0. The molecule has 2 aliphatic rings. The van der Waals surface area contributed by atoms with Crippen LogP contribution in [0.3, 0.4) is 0 Å². The van der Waals surface area contributed by atoms with E-state index in [0.29, 0.717) is 0 Å². The minimum atomic E-state index is 0.0706. The average Bonchev–Trinajstić information content (AvgIpc) is 2.91. The van der Waals surface area contributed by atoms with Crippen molar-refractivity contribution >= 4 is 11.3 Å². The van der Waals surface area contributed by atoms with Crippen LogP contribution >= 0.6 is 11.3 Å². The lowest BCUT2D eigenvalue weighted by atomic mass is 10.0. The molecule has 0 spiro atoms. The second kappa shape index (κ2) is 5.72. The van der Waals surface area contributed by atoms with Crippen molar-refractivity contribution in [3.63, 3.8) is 0 Å². The van der Waals surface area contributed by atoms with Crippen molar-refractivity contribution in [3.8, 4) is 0 Å². The number of rotatable bonds is 3. The van der Waals surface area contributed by atoms with Gasteiger partial charge in [-0.1, -0.05) is 6.92 Å². The summed E-state index contributed by atoms with van der Waals surface area (Å²) in [5, 5.41) is 4.74. The van der Waals surface area contributed by atoms with E-state index in [2.05, 4.69) is 35.9 Å². The van der Waals surface area contributed by atoms with Gasteiger partial charge in [0, 0.05) is 50.6 Å². The zero-order valence-electron chi connectivity index (χ0n) is 12.9. The van der Waals surface area contributed by atoms with Crippen LogP contribution in [0.15, 0.2) is 0 Å². The Morgan fingerprint density at radius 3 is 2.70 bits per heavy atom. The maximum atomic E-state index is 5.00. The van der Waals surface area contributed by atoms with Gasteiger partial charge in [-0.05, 0) is 20.4 Å². The van der Waals surface area contributed by atoms with Gasteiger partial charge in [0.2, 0.25) is 0 Å². The quantitative estimate of drug-likeness (QED) is 0.919. The van der Waals surface area contributed by atoms with Crippen LogP contribution in [0.2, 0.25) is 0 Å². The zero-order chi connectivity index (χ0) is 14.2. The Morgan fingerprint density at radius 1 is 1.25 bits per heavy atom. The number of hydrogen-bond donors (Lipinski definition) is 1. The minimum Gasteiger partial charge on any atom is -0.314 e. The van der Waals surface area contributed by atoms with E-state index in [-0.39, 0.29) is 5.54 Å². The highest BCUT2D eigenvalue weighted by Gasteiger charge is 2.34. The fourth-order valence-corrected chi connectivity index (χ4v) is 4.42. The molecule has 1 aromatic heterocycles. The highest BCUT2D eigenvalue weighted by molar-refractivity contribution is 7.11. The summed E-state index contributed by atoms with van der Waals surface area (Å²) in [5.74, 6) is 0. The third kappa shape index (κ3) is 2.64. The van der Waals surface area contributed by atoms with Gasteiger partial charge in [0.15, 0.2) is 0 Å². The van der Waals surface area contributed by atoms with E-state index < -0.39 is 0 Å². The van der Waals surface area contributed by atoms with Crippen molar-refractivity contribution in [2.24, 2.45) is 0 Å². The predicted octanol–water partition coefficient (Wildman–Crippen LogP) is 1.66. The first-order chi connectivity index (χ1) is 9.61. The second-order valence-corrected chi connectivity index (χ2v) is 7.39. The molecule has 0 unspecified atom stereocenters. The van der Waals surface area contributed by atoms with Gasteiger partial charge < -0.3 is 5.32 Å². The highest BCUT2D eigenvalue weighted by atomic mass is 32.1. The van der Waals surface area contributed by atoms with E-state index in [1.165, 1.54) is 22.1 Å². The largest absolute Gasteiger partial charge is 0.314 e. The Balaban J connectivity index is 1.81. The van der Waals surface area contributed by atoms with E-state index in [1.807, 2.05) is 11.3 Å². The van der Waals surface area contributed by atoms with Crippen LogP contribution in [-0.4, -0.2) is 54.1 Å². The van der Waals surface area contributed by atoms with Gasteiger partial charge in [-0.25, -0.2) is 4.98 Å². The number of piperazine rings is 1. The monoisotopic (exact) mass is 294 g/mol. The Labute approximate surface area is 126 Å². The van der Waals surface area contributed by atoms with Gasteiger partial charge >= 0.3 is 0 Å². The fourth-order valence-electron chi connectivity index (χ4n) is 3.14. The highest BCUT2D eigenvalue weighted by Crippen LogP contribution is 2.35. The molecule has 112 valence electrons. The molecule has 1 N–H and O–H groups in total. The van der Waals surface area contributed by atoms with Crippen LogP contribution in [-0.2, 0) is 18.5 Å². The molecule has 0 amide bonds. The molecule has 5 heteroatoms. The van der Waals surface area contributed by atoms with E-state index in [0.717, 1.165) is 45.7 Å². The SMILES string of the molecule is CCN1CCc2nc(C(C)(C)N3CCNCC3)sc2C1. The molecule has 4 nitrogen and oxygen atoms in total. The van der Waals surface area contributed by atoms with Crippen molar-refractivity contribution in [2.75, 3.05) is 39.3 Å². The molecule has 1 aromatic rings. The van der Waals surface area contributed by atoms with Crippen LogP contribution in [0.4, 0.5) is 0 Å². The summed E-state index contributed by atoms with van der Waals surface area (Å²) >= 11 is 1.94. The van der Waals surface area contributed by atoms with Crippen molar-refractivity contribution in [1.82, 2.24) is 20.1 Å². The molecule has 0 aromatic carbocycles. The summed E-state index contributed by atoms with van der Waals surface area (Å²) in [6, 6.07) is 0. The predicted molar refractivity (Wildman–Crippen MR) is 84.2 cm³/mol. The number of nitrogens with zero attached hydrogens (tertiary/aromatic N) is 3. The van der Waals surface area contributed by atoms with Gasteiger partial charge in [-0.15, -0.1) is 11.3 Å². The van der Waals surface area contributed by atoms with Gasteiger partial charge in [0.1, 0.15) is 5.01 Å². The number of fused-ring (bicyclic) bond motifs is 1. The van der Waals surface area contributed by atoms with Gasteiger partial charge in [0.25, 0.3) is 0 Å². The van der Waals surface area contributed by atoms with Gasteiger partial charge in [-0.3, -0.25) is 9.80 Å². The average molecular weight is 294 g/mol. The van der Waals surface area contributed by atoms with Crippen molar-refractivity contribution in [1.29, 1.82) is 0 Å². The summed E-state index contributed by atoms with van der Waals surface area (Å²) < 4.78 is 0. The third-order valence-electron chi connectivity index (χ3n) is 4.69. The Hall–Kier alpha value is -0.490. The van der Waals surface area contributed by atoms with E-state index >= 15 is 0 Å². The molecule has 3 rings (SSSR count). The Kier molecular flexibility index (Phi) is 4.13. The molecule has 1 saturated heterocycles. The molecule has 1 fully saturated rings. The molecule has 3 heterocycles. The maximum Gasteiger partial charge on any atom is 0.113 e. The van der Waals surface area contributed by atoms with E-state index in [4.69, 9.17) is 4.98 Å². The van der Waals surface area contributed by atoms with Crippen LogP contribution in [0.25, 0.3) is 0 Å². The molecule has 0 bridgehead atoms. The summed E-state index contributed by atoms with van der Waals surface area (Å²) in [6.07, 6.45) is 1.12. The molecule has 0 atom stereocenters. The first kappa shape index (κ1) is 14.4. The van der Waals surface area contributed by atoms with Gasteiger partial charge in [0.05, 0.1) is 11.2 Å². The fraction of sp³-hybridized carbons (Fsp3) is 0.800. The Morgan fingerprint density at radius 2 is 2.00 bits per heavy atom. The molecule has 2 aliphatic heterocycles. The molecule has 0 radical (unpaired) electrons. The van der Waals surface area contributed by atoms with Crippen LogP contribution in [0, 0.1) is 0 Å². The van der Waals surface area contributed by atoms with Crippen molar-refractivity contribution in [3.05, 3.63) is 15.6 Å². The number of likely N-dealkylation sites (N-methyl/N-ethyl adjacent to an activating group) is 1. The third-order valence-corrected chi connectivity index (χ3v) is 6.08. The summed E-state index contributed by atoms with van der Waals surface area (Å²) in [6.45, 7) is 14.8. The molecule has 0 saturated carbocycles. The van der Waals surface area contributed by atoms with Crippen LogP contribution < -0.4 is 5.32 Å². The molecule has 0 aliphatic carbocycles. The molecular weight excluding hydrogens is 268 g/mol. The Bertz CT molecular complexity index is 462. The number of aromatic nitrogens is 1. The normalized spacial score (nSPS) is 21.9. The second-order valence-electron chi connectivity index (χ2n) is 6.30. The first-order valence-corrected chi connectivity index (χ1v) is 8.60. The lowest BCUT2D eigenvalue weighted by Crippen LogP contribution is -2.51. The van der Waals surface area contributed by atoms with E-state index in [1.54, 1.807) is 0 Å². The summed E-state index contributed by atoms with van der Waals surface area (Å²) in [5.41, 5.74) is 1.43. The summed E-state index contributed by atoms with van der Waals surface area (Å²) in [4.78, 5) is 11.6. The van der Waals surface area contributed by atoms with Crippen molar-refractivity contribution in [2.45, 2.75) is 39.3 Å². The van der Waals surface area contributed by atoms with Crippen molar-refractivity contribution < 1.29 is 0 Å². The van der Waals surface area contributed by atoms with E-state index in [9.17, 15) is 0 Å². The molecule has 20 heavy (non-hydrogen) atoms. The lowest BCUT2D eigenvalue weighted by Gasteiger charge is -2.39. The lowest BCUT2D eigenvalue weighted by molar-refractivity contribution is 0.102. The first-order valence-electron chi connectivity index (χ1n) is 7.78. The number of thiazole rings is 1. The molecular formula is C15H26N4S. The standard InChI is InChI=1S/C15H26N4S/c1-4-18-8-5-12-13(11-18)20-14(17-12)15(2,3)19-9-6-16-7-10-19/h16H,4-11H2,1-3H3. The smallest absolute Gasteiger partial charge is 0.113 e. The van der Waals surface area contributed by atoms with Gasteiger partial charge in [-0.2, -0.15) is 0 Å². The van der Waals surface area contributed by atoms with Crippen LogP contribution in [0.1, 0.15) is 36.3 Å². The number of hydrogen-bond acceptors (Lipinski definition) is 5. The minimum absolute atomic E-state index is 0.0706. The topological polar surface area (TPSA) is 31.4 Å². The zero-order valence-corrected chi connectivity index (χ0v) is 13.7. The number of nitrogens with one attached hydrogen (secondary N) is 1. The maximum absolute atomic E-state index is 5.00. The van der Waals surface area contributed by atoms with Crippen LogP contribution in [0.5, 0.6) is 0 Å².